The molecule has 160 valence electrons. The molecule has 0 bridgehead atoms. The Labute approximate surface area is 187 Å². The highest BCUT2D eigenvalue weighted by atomic mass is 19.1. The number of nitrogens with zero attached hydrogens (tertiary/aromatic N) is 2. The molecule has 0 spiro atoms. The van der Waals surface area contributed by atoms with E-state index in [1.807, 2.05) is 30.5 Å². The molecular formula is C26H17F2N5. The monoisotopic (exact) mass is 437 g/mol. The van der Waals surface area contributed by atoms with Crippen LogP contribution in [0.3, 0.4) is 0 Å². The van der Waals surface area contributed by atoms with E-state index in [4.69, 9.17) is 0 Å². The van der Waals surface area contributed by atoms with Gasteiger partial charge in [-0.15, -0.1) is 0 Å². The first-order valence-electron chi connectivity index (χ1n) is 10.4. The zero-order valence-electron chi connectivity index (χ0n) is 17.2. The molecule has 0 radical (unpaired) electrons. The van der Waals surface area contributed by atoms with Crippen molar-refractivity contribution in [3.05, 3.63) is 97.0 Å². The predicted octanol–water partition coefficient (Wildman–Crippen LogP) is 6.56. The van der Waals surface area contributed by atoms with Crippen LogP contribution in [-0.2, 0) is 0 Å². The van der Waals surface area contributed by atoms with Gasteiger partial charge in [-0.3, -0.25) is 0 Å². The number of nitrogens with one attached hydrogen (secondary N) is 3. The first-order valence-corrected chi connectivity index (χ1v) is 10.4. The highest BCUT2D eigenvalue weighted by Crippen LogP contribution is 2.30. The van der Waals surface area contributed by atoms with Crippen LogP contribution in [-0.4, -0.2) is 24.9 Å². The van der Waals surface area contributed by atoms with E-state index >= 15 is 0 Å². The van der Waals surface area contributed by atoms with Crippen LogP contribution in [0.25, 0.3) is 56.2 Å². The van der Waals surface area contributed by atoms with Gasteiger partial charge in [0.2, 0.25) is 0 Å². The highest BCUT2D eigenvalue weighted by molar-refractivity contribution is 5.94. The van der Waals surface area contributed by atoms with Crippen molar-refractivity contribution in [2.75, 3.05) is 0 Å². The summed E-state index contributed by atoms with van der Waals surface area (Å²) in [6.45, 7) is 0. The van der Waals surface area contributed by atoms with Gasteiger partial charge in [0.1, 0.15) is 23.3 Å². The third-order valence-electron chi connectivity index (χ3n) is 5.65. The Kier molecular flexibility index (Phi) is 4.40. The van der Waals surface area contributed by atoms with Gasteiger partial charge in [-0.05, 0) is 54.1 Å². The van der Waals surface area contributed by atoms with Gasteiger partial charge in [-0.25, -0.2) is 18.7 Å². The van der Waals surface area contributed by atoms with Crippen LogP contribution >= 0.6 is 0 Å². The van der Waals surface area contributed by atoms with Crippen LogP contribution in [0.4, 0.5) is 8.78 Å². The third-order valence-corrected chi connectivity index (χ3v) is 5.65. The van der Waals surface area contributed by atoms with E-state index in [1.165, 1.54) is 24.3 Å². The Balaban J connectivity index is 1.32. The van der Waals surface area contributed by atoms with Gasteiger partial charge in [-0.2, -0.15) is 0 Å². The molecule has 0 fully saturated rings. The largest absolute Gasteiger partial charge is 0.360 e. The number of aromatic nitrogens is 5. The van der Waals surface area contributed by atoms with Gasteiger partial charge in [-0.1, -0.05) is 18.2 Å². The van der Waals surface area contributed by atoms with Crippen molar-refractivity contribution in [3.8, 4) is 45.3 Å². The molecule has 0 saturated heterocycles. The number of benzene rings is 3. The lowest BCUT2D eigenvalue weighted by atomic mass is 10.1. The summed E-state index contributed by atoms with van der Waals surface area (Å²) in [7, 11) is 0. The lowest BCUT2D eigenvalue weighted by molar-refractivity contribution is 0.628. The molecule has 0 aliphatic rings. The molecule has 3 heterocycles. The first kappa shape index (κ1) is 19.2. The maximum atomic E-state index is 13.5. The molecule has 0 amide bonds. The summed E-state index contributed by atoms with van der Waals surface area (Å²) < 4.78 is 26.7. The van der Waals surface area contributed by atoms with Crippen LogP contribution in [0, 0.1) is 11.6 Å². The maximum absolute atomic E-state index is 13.5. The summed E-state index contributed by atoms with van der Waals surface area (Å²) in [5, 5.41) is 0.898. The van der Waals surface area contributed by atoms with Crippen molar-refractivity contribution in [2.45, 2.75) is 0 Å². The van der Waals surface area contributed by atoms with E-state index in [0.29, 0.717) is 5.82 Å². The predicted molar refractivity (Wildman–Crippen MR) is 124 cm³/mol. The molecule has 6 aromatic rings. The van der Waals surface area contributed by atoms with Crippen LogP contribution in [0.5, 0.6) is 0 Å². The lowest BCUT2D eigenvalue weighted by Crippen LogP contribution is -1.84. The summed E-state index contributed by atoms with van der Waals surface area (Å²) in [6.07, 6.45) is 5.34. The number of aromatic amines is 3. The number of fused-ring (bicyclic) bond motifs is 1. The van der Waals surface area contributed by atoms with E-state index in [1.54, 1.807) is 30.6 Å². The molecule has 3 aromatic carbocycles. The zero-order chi connectivity index (χ0) is 22.4. The minimum Gasteiger partial charge on any atom is -0.360 e. The van der Waals surface area contributed by atoms with Crippen LogP contribution in [0.15, 0.2) is 85.3 Å². The molecule has 33 heavy (non-hydrogen) atoms. The van der Waals surface area contributed by atoms with Crippen molar-refractivity contribution in [3.63, 3.8) is 0 Å². The second kappa shape index (κ2) is 7.56. The second-order valence-corrected chi connectivity index (χ2v) is 7.77. The standard InChI is InChI=1S/C26H17F2N5/c27-18-6-4-15(5-7-18)23-13-30-25(32-23)17-3-1-2-16(10-17)24-14-31-26(33-24)21-12-29-22-11-19(28)8-9-20(21)22/h1-14,29H,(H,30,32)(H,31,33). The Morgan fingerprint density at radius 1 is 0.636 bits per heavy atom. The molecule has 3 N–H and O–H groups in total. The molecule has 7 heteroatoms. The van der Waals surface area contributed by atoms with Gasteiger partial charge in [0.05, 0.1) is 23.8 Å². The van der Waals surface area contributed by atoms with E-state index in [9.17, 15) is 8.78 Å². The maximum Gasteiger partial charge on any atom is 0.139 e. The fourth-order valence-electron chi connectivity index (χ4n) is 3.98. The second-order valence-electron chi connectivity index (χ2n) is 7.77. The Hall–Kier alpha value is -4.52. The topological polar surface area (TPSA) is 73.2 Å². The molecule has 0 unspecified atom stereocenters. The molecular weight excluding hydrogens is 420 g/mol. The number of hydrogen-bond acceptors (Lipinski definition) is 2. The number of halogens is 2. The van der Waals surface area contributed by atoms with Gasteiger partial charge >= 0.3 is 0 Å². The van der Waals surface area contributed by atoms with E-state index in [2.05, 4.69) is 24.9 Å². The Bertz CT molecular complexity index is 1590. The molecule has 0 aliphatic heterocycles. The van der Waals surface area contributed by atoms with Gasteiger partial charge < -0.3 is 15.0 Å². The summed E-state index contributed by atoms with van der Waals surface area (Å²) in [5.74, 6) is 0.859. The molecule has 0 atom stereocenters. The summed E-state index contributed by atoms with van der Waals surface area (Å²) in [5.41, 5.74) is 6.00. The van der Waals surface area contributed by atoms with Crippen molar-refractivity contribution in [1.82, 2.24) is 24.9 Å². The van der Waals surface area contributed by atoms with Crippen LogP contribution in [0.2, 0.25) is 0 Å². The zero-order valence-corrected chi connectivity index (χ0v) is 17.2. The minimum absolute atomic E-state index is 0.273. The highest BCUT2D eigenvalue weighted by Gasteiger charge is 2.12. The van der Waals surface area contributed by atoms with Crippen molar-refractivity contribution < 1.29 is 8.78 Å². The molecule has 0 saturated carbocycles. The smallest absolute Gasteiger partial charge is 0.139 e. The van der Waals surface area contributed by atoms with Crippen molar-refractivity contribution >= 4 is 10.9 Å². The number of rotatable bonds is 4. The Morgan fingerprint density at radius 2 is 1.33 bits per heavy atom. The Morgan fingerprint density at radius 3 is 2.18 bits per heavy atom. The van der Waals surface area contributed by atoms with E-state index < -0.39 is 0 Å². The molecule has 5 nitrogen and oxygen atoms in total. The number of hydrogen-bond donors (Lipinski definition) is 3. The van der Waals surface area contributed by atoms with Crippen LogP contribution in [0.1, 0.15) is 0 Å². The lowest BCUT2D eigenvalue weighted by Gasteiger charge is -2.02. The number of imidazole rings is 2. The fourth-order valence-corrected chi connectivity index (χ4v) is 3.98. The molecule has 3 aromatic heterocycles. The quantitative estimate of drug-likeness (QED) is 0.292. The summed E-state index contributed by atoms with van der Waals surface area (Å²) in [6, 6.07) is 18.9. The normalized spacial score (nSPS) is 11.3. The summed E-state index contributed by atoms with van der Waals surface area (Å²) in [4.78, 5) is 18.8. The van der Waals surface area contributed by atoms with E-state index in [0.717, 1.165) is 50.4 Å². The minimum atomic E-state index is -0.284. The van der Waals surface area contributed by atoms with Gasteiger partial charge in [0.15, 0.2) is 0 Å². The van der Waals surface area contributed by atoms with Gasteiger partial charge in [0, 0.05) is 33.8 Å². The molecule has 6 rings (SSSR count). The van der Waals surface area contributed by atoms with Crippen LogP contribution < -0.4 is 0 Å². The fraction of sp³-hybridized carbons (Fsp3) is 0. The average Bonchev–Trinajstić information content (AvgIpc) is 3.59. The SMILES string of the molecule is Fc1ccc(-c2cnc(-c3cccc(-c4cnc(-c5c[nH]c6cc(F)ccc56)[nH]4)c3)[nH]2)cc1. The van der Waals surface area contributed by atoms with E-state index in [-0.39, 0.29) is 11.6 Å². The van der Waals surface area contributed by atoms with Crippen molar-refractivity contribution in [2.24, 2.45) is 0 Å². The molecule has 0 aliphatic carbocycles. The van der Waals surface area contributed by atoms with Crippen molar-refractivity contribution in [1.29, 1.82) is 0 Å². The first-order chi connectivity index (χ1) is 16.1. The van der Waals surface area contributed by atoms with Gasteiger partial charge in [0.25, 0.3) is 0 Å². The average molecular weight is 437 g/mol. The third kappa shape index (κ3) is 3.49. The number of H-pyrrole nitrogens is 3. The summed E-state index contributed by atoms with van der Waals surface area (Å²) >= 11 is 0.